The topological polar surface area (TPSA) is 83.1 Å². The van der Waals surface area contributed by atoms with Gasteiger partial charge in [0.1, 0.15) is 12.0 Å². The molecule has 0 unspecified atom stereocenters. The molecule has 0 bridgehead atoms. The van der Waals surface area contributed by atoms with Crippen molar-refractivity contribution in [3.05, 3.63) is 23.8 Å². The van der Waals surface area contributed by atoms with Crippen LogP contribution in [-0.2, 0) is 14.0 Å². The molecule has 8 heteroatoms. The Labute approximate surface area is 173 Å². The lowest BCUT2D eigenvalue weighted by Crippen LogP contribution is -2.41. The second-order valence-corrected chi connectivity index (χ2v) is 9.18. The molecule has 1 fully saturated rings. The van der Waals surface area contributed by atoms with Gasteiger partial charge in [-0.15, -0.1) is 0 Å². The van der Waals surface area contributed by atoms with Gasteiger partial charge in [0.2, 0.25) is 0 Å². The molecule has 0 spiro atoms. The number of rotatable bonds is 7. The van der Waals surface area contributed by atoms with E-state index in [-0.39, 0.29) is 12.1 Å². The first kappa shape index (κ1) is 23.2. The molecule has 1 saturated heterocycles. The van der Waals surface area contributed by atoms with Gasteiger partial charge < -0.3 is 24.1 Å². The van der Waals surface area contributed by atoms with E-state index in [1.54, 1.807) is 18.2 Å². The first-order valence-electron chi connectivity index (χ1n) is 9.88. The molecule has 0 saturated carbocycles. The first-order chi connectivity index (χ1) is 13.4. The first-order valence-corrected chi connectivity index (χ1v) is 9.88. The quantitative estimate of drug-likeness (QED) is 0.427. The number of carbonyl (C=O) groups is 2. The van der Waals surface area contributed by atoms with Crippen molar-refractivity contribution in [2.45, 2.75) is 71.6 Å². The van der Waals surface area contributed by atoms with Gasteiger partial charge in [-0.2, -0.15) is 0 Å². The smallest absolute Gasteiger partial charge is 0.494 e. The van der Waals surface area contributed by atoms with Crippen LogP contribution in [0.25, 0.3) is 0 Å². The van der Waals surface area contributed by atoms with Crippen molar-refractivity contribution in [3.63, 3.8) is 0 Å². The van der Waals surface area contributed by atoms with E-state index < -0.39 is 24.4 Å². The van der Waals surface area contributed by atoms with Gasteiger partial charge in [0.25, 0.3) is 0 Å². The number of hydrogen-bond acceptors (Lipinski definition) is 6. The number of ether oxygens (including phenoxy) is 2. The molecule has 0 aromatic heterocycles. The van der Waals surface area contributed by atoms with Crippen LogP contribution in [0.4, 0.5) is 4.79 Å². The Hall–Kier alpha value is -2.06. The van der Waals surface area contributed by atoms with E-state index in [0.717, 1.165) is 6.29 Å². The fraction of sp³-hybridized carbons (Fsp3) is 0.619. The minimum atomic E-state index is -0.704. The van der Waals surface area contributed by atoms with Crippen LogP contribution in [-0.4, -0.2) is 49.5 Å². The minimum Gasteiger partial charge on any atom is -0.494 e. The van der Waals surface area contributed by atoms with E-state index in [1.165, 1.54) is 0 Å². The molecule has 0 aliphatic carbocycles. The molecule has 2 rings (SSSR count). The Balaban J connectivity index is 2.00. The number of aldehydes is 1. The van der Waals surface area contributed by atoms with Crippen LogP contribution in [0.5, 0.6) is 5.75 Å². The van der Waals surface area contributed by atoms with Crippen LogP contribution in [0.3, 0.4) is 0 Å². The van der Waals surface area contributed by atoms with Crippen LogP contribution >= 0.6 is 0 Å². The van der Waals surface area contributed by atoms with Gasteiger partial charge in [0.15, 0.2) is 0 Å². The van der Waals surface area contributed by atoms with Gasteiger partial charge in [-0.25, -0.2) is 4.79 Å². The molecule has 1 heterocycles. The number of nitrogens with one attached hydrogen (secondary N) is 1. The lowest BCUT2D eigenvalue weighted by atomic mass is 9.75. The van der Waals surface area contributed by atoms with Crippen LogP contribution < -0.4 is 15.5 Å². The maximum absolute atomic E-state index is 11.7. The zero-order valence-electron chi connectivity index (χ0n) is 18.5. The molecule has 29 heavy (non-hydrogen) atoms. The summed E-state index contributed by atoms with van der Waals surface area (Å²) in [7, 11) is -0.704. The highest BCUT2D eigenvalue weighted by atomic mass is 16.7. The van der Waals surface area contributed by atoms with Gasteiger partial charge in [0, 0.05) is 23.0 Å². The average molecular weight is 405 g/mol. The number of carbonyl (C=O) groups excluding carboxylic acids is 2. The SMILES string of the molecule is CC(C)(C)NC(=O)OCCCOc1cccc(C=O)c1B1OC(C)(C)C(C)(C)O1. The van der Waals surface area contributed by atoms with Crippen molar-refractivity contribution in [3.8, 4) is 5.75 Å². The fourth-order valence-electron chi connectivity index (χ4n) is 2.75. The predicted molar refractivity (Wildman–Crippen MR) is 112 cm³/mol. The zero-order valence-corrected chi connectivity index (χ0v) is 18.5. The van der Waals surface area contributed by atoms with Crippen LogP contribution in [0.15, 0.2) is 18.2 Å². The third kappa shape index (κ3) is 5.96. The molecule has 1 aromatic carbocycles. The predicted octanol–water partition coefficient (Wildman–Crippen LogP) is 3.09. The van der Waals surface area contributed by atoms with Crippen molar-refractivity contribution in [2.75, 3.05) is 13.2 Å². The summed E-state index contributed by atoms with van der Waals surface area (Å²) in [6.45, 7) is 14.0. The third-order valence-electron chi connectivity index (χ3n) is 4.97. The molecular formula is C21H32BNO6. The molecular weight excluding hydrogens is 373 g/mol. The minimum absolute atomic E-state index is 0.223. The molecule has 7 nitrogen and oxygen atoms in total. The van der Waals surface area contributed by atoms with Gasteiger partial charge in [-0.05, 0) is 54.5 Å². The lowest BCUT2D eigenvalue weighted by Gasteiger charge is -2.32. The van der Waals surface area contributed by atoms with Gasteiger partial charge >= 0.3 is 13.2 Å². The molecule has 1 aliphatic rings. The number of hydrogen-bond donors (Lipinski definition) is 1. The molecule has 1 aliphatic heterocycles. The summed E-state index contributed by atoms with van der Waals surface area (Å²) in [4.78, 5) is 23.3. The van der Waals surface area contributed by atoms with Crippen LogP contribution in [0.1, 0.15) is 65.2 Å². The lowest BCUT2D eigenvalue weighted by molar-refractivity contribution is 0.00578. The summed E-state index contributed by atoms with van der Waals surface area (Å²) >= 11 is 0. The van der Waals surface area contributed by atoms with E-state index in [2.05, 4.69) is 5.32 Å². The summed E-state index contributed by atoms with van der Waals surface area (Å²) in [5.41, 5.74) is -0.367. The maximum Gasteiger partial charge on any atom is 0.499 e. The third-order valence-corrected chi connectivity index (χ3v) is 4.97. The largest absolute Gasteiger partial charge is 0.499 e. The van der Waals surface area contributed by atoms with E-state index in [1.807, 2.05) is 48.5 Å². The Morgan fingerprint density at radius 3 is 2.31 bits per heavy atom. The van der Waals surface area contributed by atoms with Crippen molar-refractivity contribution < 1.29 is 28.4 Å². The highest BCUT2D eigenvalue weighted by Crippen LogP contribution is 2.37. The van der Waals surface area contributed by atoms with E-state index in [4.69, 9.17) is 18.8 Å². The molecule has 0 atom stereocenters. The van der Waals surface area contributed by atoms with E-state index >= 15 is 0 Å². The maximum atomic E-state index is 11.7. The standard InChI is InChI=1S/C21H32BNO6/c1-19(2,3)23-18(25)27-13-9-12-26-16-11-8-10-15(14-24)17(16)22-28-20(4,5)21(6,7)29-22/h8,10-11,14H,9,12-13H2,1-7H3,(H,23,25). The Bertz CT molecular complexity index is 725. The summed E-state index contributed by atoms with van der Waals surface area (Å²) < 4.78 is 23.2. The Morgan fingerprint density at radius 1 is 1.14 bits per heavy atom. The molecule has 0 radical (unpaired) electrons. The highest BCUT2D eigenvalue weighted by Gasteiger charge is 2.53. The normalized spacial score (nSPS) is 17.7. The number of alkyl carbamates (subject to hydrolysis) is 1. The van der Waals surface area contributed by atoms with Gasteiger partial charge in [-0.3, -0.25) is 4.79 Å². The highest BCUT2D eigenvalue weighted by molar-refractivity contribution is 6.64. The number of amides is 1. The van der Waals surface area contributed by atoms with E-state index in [0.29, 0.717) is 29.8 Å². The Morgan fingerprint density at radius 2 is 1.76 bits per heavy atom. The van der Waals surface area contributed by atoms with Crippen molar-refractivity contribution in [1.82, 2.24) is 5.32 Å². The van der Waals surface area contributed by atoms with E-state index in [9.17, 15) is 9.59 Å². The summed E-state index contributed by atoms with van der Waals surface area (Å²) in [5.74, 6) is 0.521. The monoisotopic (exact) mass is 405 g/mol. The average Bonchev–Trinajstić information content (AvgIpc) is 2.80. The molecule has 1 N–H and O–H groups in total. The second kappa shape index (κ2) is 8.75. The van der Waals surface area contributed by atoms with Gasteiger partial charge in [0.05, 0.1) is 24.4 Å². The number of benzene rings is 1. The van der Waals surface area contributed by atoms with Crippen molar-refractivity contribution in [2.24, 2.45) is 0 Å². The zero-order chi connectivity index (χ0) is 21.9. The fourth-order valence-corrected chi connectivity index (χ4v) is 2.75. The summed E-state index contributed by atoms with van der Waals surface area (Å²) in [6, 6.07) is 5.24. The van der Waals surface area contributed by atoms with Crippen LogP contribution in [0, 0.1) is 0 Å². The van der Waals surface area contributed by atoms with Crippen molar-refractivity contribution in [1.29, 1.82) is 0 Å². The van der Waals surface area contributed by atoms with Crippen LogP contribution in [0.2, 0.25) is 0 Å². The molecule has 1 amide bonds. The summed E-state index contributed by atoms with van der Waals surface area (Å²) in [6.07, 6.45) is 0.817. The molecule has 160 valence electrons. The Kier molecular flexibility index (Phi) is 7.01. The van der Waals surface area contributed by atoms with Gasteiger partial charge in [-0.1, -0.05) is 12.1 Å². The second-order valence-electron chi connectivity index (χ2n) is 9.18. The molecule has 1 aromatic rings. The summed E-state index contributed by atoms with van der Waals surface area (Å²) in [5, 5.41) is 2.73. The van der Waals surface area contributed by atoms with Crippen molar-refractivity contribution >= 4 is 25.0 Å².